The third-order valence-electron chi connectivity index (χ3n) is 3.51. The van der Waals surface area contributed by atoms with E-state index in [1.165, 1.54) is 0 Å². The van der Waals surface area contributed by atoms with Gasteiger partial charge in [0.15, 0.2) is 0 Å². The van der Waals surface area contributed by atoms with E-state index in [0.29, 0.717) is 0 Å². The number of nitrogens with two attached hydrogens (primary N) is 2. The Balaban J connectivity index is 5.40. The molecule has 0 unspecified atom stereocenters. The summed E-state index contributed by atoms with van der Waals surface area (Å²) in [6.45, 7) is 9.57. The van der Waals surface area contributed by atoms with Crippen molar-refractivity contribution in [2.24, 2.45) is 11.5 Å². The highest BCUT2D eigenvalue weighted by Crippen LogP contribution is 2.11. The van der Waals surface area contributed by atoms with Crippen LogP contribution < -0.4 is 22.1 Å². The van der Waals surface area contributed by atoms with Crippen LogP contribution >= 0.6 is 0 Å². The molecule has 13 heteroatoms. The lowest BCUT2D eigenvalue weighted by atomic mass is 10.1. The minimum absolute atomic E-state index is 0.272. The minimum atomic E-state index is -1.45. The molecule has 0 aliphatic heterocycles. The van der Waals surface area contributed by atoms with Gasteiger partial charge >= 0.3 is 24.1 Å². The Labute approximate surface area is 192 Å². The van der Waals surface area contributed by atoms with E-state index in [9.17, 15) is 28.8 Å². The third kappa shape index (κ3) is 15.1. The van der Waals surface area contributed by atoms with Crippen molar-refractivity contribution in [2.75, 3.05) is 0 Å². The first kappa shape index (κ1) is 29.6. The molecule has 4 amide bonds. The van der Waals surface area contributed by atoms with Gasteiger partial charge in [0, 0.05) is 12.8 Å². The molecular weight excluding hydrogens is 440 g/mol. The smallest absolute Gasteiger partial charge is 0.408 e. The predicted octanol–water partition coefficient (Wildman–Crippen LogP) is 0.374. The second kappa shape index (κ2) is 12.6. The van der Waals surface area contributed by atoms with E-state index >= 15 is 0 Å². The normalized spacial score (nSPS) is 13.2. The van der Waals surface area contributed by atoms with Crippen LogP contribution in [0.15, 0.2) is 0 Å². The Morgan fingerprint density at radius 2 is 0.970 bits per heavy atom. The second-order valence-corrected chi connectivity index (χ2v) is 9.15. The molecule has 6 N–H and O–H groups in total. The number of rotatable bonds is 10. The lowest BCUT2D eigenvalue weighted by molar-refractivity contribution is -0.163. The molecule has 2 atom stereocenters. The number of hydrogen-bond donors (Lipinski definition) is 4. The maximum absolute atomic E-state index is 12.5. The summed E-state index contributed by atoms with van der Waals surface area (Å²) in [5.74, 6) is -3.95. The third-order valence-corrected chi connectivity index (χ3v) is 3.51. The zero-order chi connectivity index (χ0) is 26.0. The number of hydrogen-bond acceptors (Lipinski definition) is 9. The summed E-state index contributed by atoms with van der Waals surface area (Å²) in [4.78, 5) is 71.3. The van der Waals surface area contributed by atoms with Gasteiger partial charge in [-0.15, -0.1) is 0 Å². The van der Waals surface area contributed by atoms with Crippen LogP contribution in [0.25, 0.3) is 0 Å². The van der Waals surface area contributed by atoms with Gasteiger partial charge in [-0.1, -0.05) is 0 Å². The first-order chi connectivity index (χ1) is 14.9. The molecule has 0 saturated carbocycles. The molecule has 13 nitrogen and oxygen atoms in total. The van der Waals surface area contributed by atoms with E-state index in [2.05, 4.69) is 10.6 Å². The summed E-state index contributed by atoms with van der Waals surface area (Å²) < 4.78 is 14.9. The Morgan fingerprint density at radius 1 is 0.667 bits per heavy atom. The Kier molecular flexibility index (Phi) is 11.3. The minimum Gasteiger partial charge on any atom is -0.444 e. The number of amides is 4. The lowest BCUT2D eigenvalue weighted by Gasteiger charge is -2.24. The maximum atomic E-state index is 12.5. The summed E-state index contributed by atoms with van der Waals surface area (Å²) in [7, 11) is 0. The number of alkyl carbamates (subject to hydrolysis) is 2. The molecule has 0 heterocycles. The number of esters is 2. The van der Waals surface area contributed by atoms with Crippen LogP contribution in [0.5, 0.6) is 0 Å². The highest BCUT2D eigenvalue weighted by molar-refractivity contribution is 5.94. The molecule has 0 aliphatic rings. The van der Waals surface area contributed by atoms with E-state index in [4.69, 9.17) is 25.7 Å². The summed E-state index contributed by atoms with van der Waals surface area (Å²) in [5, 5.41) is 4.43. The molecule has 0 radical (unpaired) electrons. The predicted molar refractivity (Wildman–Crippen MR) is 114 cm³/mol. The molecule has 0 aliphatic carbocycles. The Hall–Kier alpha value is -3.38. The fraction of sp³-hybridized carbons (Fsp3) is 0.700. The fourth-order valence-electron chi connectivity index (χ4n) is 2.21. The number of ether oxygens (including phenoxy) is 3. The van der Waals surface area contributed by atoms with E-state index in [1.54, 1.807) is 41.5 Å². The van der Waals surface area contributed by atoms with Gasteiger partial charge in [0.25, 0.3) is 0 Å². The van der Waals surface area contributed by atoms with Gasteiger partial charge < -0.3 is 36.3 Å². The second-order valence-electron chi connectivity index (χ2n) is 9.15. The largest absolute Gasteiger partial charge is 0.444 e. The molecule has 0 aromatic heterocycles. The number of carbonyl (C=O) groups is 6. The molecule has 0 aromatic rings. The number of carbonyl (C=O) groups excluding carboxylic acids is 6. The summed E-state index contributed by atoms with van der Waals surface area (Å²) in [5.41, 5.74) is 8.42. The molecule has 0 saturated heterocycles. The van der Waals surface area contributed by atoms with Gasteiger partial charge in [0.1, 0.15) is 23.3 Å². The molecule has 0 spiro atoms. The van der Waals surface area contributed by atoms with Crippen molar-refractivity contribution in [3.05, 3.63) is 0 Å². The van der Waals surface area contributed by atoms with Crippen LogP contribution in [0.2, 0.25) is 0 Å². The van der Waals surface area contributed by atoms with Crippen molar-refractivity contribution < 1.29 is 43.0 Å². The fourth-order valence-corrected chi connectivity index (χ4v) is 2.21. The molecule has 188 valence electrons. The monoisotopic (exact) mass is 474 g/mol. The molecule has 0 aromatic carbocycles. The first-order valence-electron chi connectivity index (χ1n) is 10.2. The van der Waals surface area contributed by atoms with Gasteiger partial charge in [-0.2, -0.15) is 0 Å². The Bertz CT molecular complexity index is 692. The average molecular weight is 475 g/mol. The van der Waals surface area contributed by atoms with Crippen LogP contribution in [0.4, 0.5) is 9.59 Å². The van der Waals surface area contributed by atoms with Crippen molar-refractivity contribution >= 4 is 35.9 Å². The van der Waals surface area contributed by atoms with E-state index in [0.717, 1.165) is 0 Å². The van der Waals surface area contributed by atoms with Crippen LogP contribution in [-0.2, 0) is 33.4 Å². The van der Waals surface area contributed by atoms with Crippen molar-refractivity contribution in [1.82, 2.24) is 10.6 Å². The van der Waals surface area contributed by atoms with Gasteiger partial charge in [-0.25, -0.2) is 19.2 Å². The highest BCUT2D eigenvalue weighted by Gasteiger charge is 2.32. The molecule has 0 bridgehead atoms. The van der Waals surface area contributed by atoms with Gasteiger partial charge in [0.2, 0.25) is 11.8 Å². The maximum Gasteiger partial charge on any atom is 0.408 e. The van der Waals surface area contributed by atoms with Gasteiger partial charge in [-0.3, -0.25) is 9.59 Å². The van der Waals surface area contributed by atoms with E-state index in [1.807, 2.05) is 0 Å². The Morgan fingerprint density at radius 3 is 1.21 bits per heavy atom. The number of nitrogens with one attached hydrogen (secondary N) is 2. The zero-order valence-electron chi connectivity index (χ0n) is 19.8. The van der Waals surface area contributed by atoms with Crippen molar-refractivity contribution in [3.8, 4) is 0 Å². The van der Waals surface area contributed by atoms with Crippen LogP contribution in [0.1, 0.15) is 67.2 Å². The van der Waals surface area contributed by atoms with Crippen molar-refractivity contribution in [1.29, 1.82) is 0 Å². The van der Waals surface area contributed by atoms with Crippen LogP contribution in [0.3, 0.4) is 0 Å². The SMILES string of the molecule is CC(C)(C)OC(=O)N[C@@H](CCC(N)=O)C(=O)OC(=O)[C@H](CCC(N)=O)NC(=O)OC(C)(C)C. The van der Waals surface area contributed by atoms with Crippen LogP contribution in [-0.4, -0.2) is 59.2 Å². The van der Waals surface area contributed by atoms with Gasteiger partial charge in [-0.05, 0) is 54.4 Å². The molecular formula is C20H34N4O9. The summed E-state index contributed by atoms with van der Waals surface area (Å²) >= 11 is 0. The van der Waals surface area contributed by atoms with Crippen molar-refractivity contribution in [3.63, 3.8) is 0 Å². The molecule has 0 fully saturated rings. The number of primary amides is 2. The zero-order valence-corrected chi connectivity index (χ0v) is 19.8. The topological polar surface area (TPSA) is 206 Å². The summed E-state index contributed by atoms with van der Waals surface area (Å²) in [6.07, 6.45) is -3.12. The summed E-state index contributed by atoms with van der Waals surface area (Å²) in [6, 6.07) is -2.90. The van der Waals surface area contributed by atoms with Crippen LogP contribution in [0, 0.1) is 0 Å². The van der Waals surface area contributed by atoms with E-state index < -0.39 is 59.2 Å². The van der Waals surface area contributed by atoms with Crippen molar-refractivity contribution in [2.45, 2.75) is 90.5 Å². The van der Waals surface area contributed by atoms with E-state index in [-0.39, 0.29) is 25.7 Å². The molecule has 0 rings (SSSR count). The molecule has 33 heavy (non-hydrogen) atoms. The van der Waals surface area contributed by atoms with Gasteiger partial charge in [0.05, 0.1) is 0 Å². The first-order valence-corrected chi connectivity index (χ1v) is 10.2. The highest BCUT2D eigenvalue weighted by atomic mass is 16.6. The average Bonchev–Trinajstić information content (AvgIpc) is 2.58. The lowest BCUT2D eigenvalue weighted by Crippen LogP contribution is -2.48. The quantitative estimate of drug-likeness (QED) is 0.196. The standard InChI is InChI=1S/C20H34N4O9/c1-19(2,3)32-17(29)23-11(7-9-13(21)25)15(27)31-16(28)12(8-10-14(22)26)24-18(30)33-20(4,5)6/h11-12H,7-10H2,1-6H3,(H2,21,25)(H2,22,26)(H,23,29)(H,24,30)/t11-,12-/m0/s1.